The lowest BCUT2D eigenvalue weighted by Crippen LogP contribution is -2.71. The average Bonchev–Trinajstić information content (AvgIpc) is 3.25. The van der Waals surface area contributed by atoms with E-state index in [1.807, 2.05) is 16.8 Å². The maximum Gasteiger partial charge on any atom is 0.352 e. The van der Waals surface area contributed by atoms with Crippen LogP contribution in [0, 0.1) is 0 Å². The van der Waals surface area contributed by atoms with Crippen LogP contribution in [-0.2, 0) is 37.0 Å². The topological polar surface area (TPSA) is 198 Å². The van der Waals surface area contributed by atoms with E-state index in [2.05, 4.69) is 15.5 Å². The van der Waals surface area contributed by atoms with Crippen molar-refractivity contribution in [1.29, 1.82) is 0 Å². The van der Waals surface area contributed by atoms with Crippen LogP contribution in [0.4, 0.5) is 5.13 Å². The number of thioether (sulfide) groups is 1. The molecular weight excluding hydrogens is 588 g/mol. The summed E-state index contributed by atoms with van der Waals surface area (Å²) < 4.78 is 7.51. The number of pyridine rings is 1. The van der Waals surface area contributed by atoms with E-state index in [4.69, 9.17) is 32.0 Å². The van der Waals surface area contributed by atoms with Crippen LogP contribution < -0.4 is 20.4 Å². The number of β-lactam (4-membered cyclic amide) rings is 1. The Morgan fingerprint density at radius 2 is 2.17 bits per heavy atom. The van der Waals surface area contributed by atoms with Gasteiger partial charge in [-0.2, -0.15) is 0 Å². The van der Waals surface area contributed by atoms with Crippen LogP contribution in [0.5, 0.6) is 5.75 Å². The third-order valence-electron chi connectivity index (χ3n) is 6.20. The summed E-state index contributed by atoms with van der Waals surface area (Å²) in [5.41, 5.74) is 6.48. The number of aryl methyl sites for hydroxylation is 1. The van der Waals surface area contributed by atoms with Crippen molar-refractivity contribution in [1.82, 2.24) is 15.2 Å². The monoisotopic (exact) mass is 609 g/mol. The molecule has 1 fully saturated rings. The minimum absolute atomic E-state index is 0.00547. The molecule has 0 saturated carbocycles. The van der Waals surface area contributed by atoms with E-state index in [9.17, 15) is 24.3 Å². The standard InChI is InChI=1S/C23H21ClN6O8S2/c24-18-14(27-23(25)40-18)15(28-38-8-13(31)32)19(33)26-16-20(34)30-17(22(35)36)11(9-39-21(16)30)7-29-4-3-12-10(6-29)2-1-5-37-12/h3-4,6,16,21H,1-2,5,7-9H2,(H4-,25,26,27,31,32,33,35,36)/p+1/t16-,21-/m1/s1. The number of oxime groups is 1. The van der Waals surface area contributed by atoms with Crippen LogP contribution in [-0.4, -0.2) is 79.9 Å². The number of ether oxygens (including phenoxy) is 1. The molecule has 2 aromatic heterocycles. The lowest BCUT2D eigenvalue weighted by molar-refractivity contribution is -0.689. The Bertz CT molecular complexity index is 1480. The fourth-order valence-electron chi connectivity index (χ4n) is 4.49. The maximum atomic E-state index is 13.1. The summed E-state index contributed by atoms with van der Waals surface area (Å²) in [5, 5.41) is 24.2. The quantitative estimate of drug-likeness (QED) is 0.131. The Balaban J connectivity index is 1.34. The molecule has 0 aromatic carbocycles. The highest BCUT2D eigenvalue weighted by atomic mass is 35.5. The minimum Gasteiger partial charge on any atom is -0.493 e. The zero-order valence-corrected chi connectivity index (χ0v) is 22.9. The van der Waals surface area contributed by atoms with E-state index in [0.29, 0.717) is 17.9 Å². The summed E-state index contributed by atoms with van der Waals surface area (Å²) in [4.78, 5) is 59.1. The number of amides is 2. The molecule has 2 amide bonds. The number of nitrogen functional groups attached to an aromatic ring is 1. The summed E-state index contributed by atoms with van der Waals surface area (Å²) in [6, 6.07) is 0.761. The Labute approximate surface area is 239 Å². The lowest BCUT2D eigenvalue weighted by atomic mass is 10.0. The van der Waals surface area contributed by atoms with Gasteiger partial charge >= 0.3 is 11.9 Å². The Morgan fingerprint density at radius 1 is 1.38 bits per heavy atom. The van der Waals surface area contributed by atoms with Crippen LogP contribution in [0.15, 0.2) is 34.9 Å². The number of hydrogen-bond donors (Lipinski definition) is 4. The first-order chi connectivity index (χ1) is 19.1. The molecule has 1 saturated heterocycles. The predicted molar refractivity (Wildman–Crippen MR) is 142 cm³/mol. The van der Waals surface area contributed by atoms with Gasteiger partial charge in [-0.05, 0) is 12.8 Å². The van der Waals surface area contributed by atoms with Gasteiger partial charge in [0.25, 0.3) is 11.8 Å². The first-order valence-electron chi connectivity index (χ1n) is 11.8. The zero-order valence-electron chi connectivity index (χ0n) is 20.5. The number of carboxylic acid groups (broad SMARTS) is 2. The van der Waals surface area contributed by atoms with Gasteiger partial charge in [0.1, 0.15) is 32.9 Å². The highest BCUT2D eigenvalue weighted by Gasteiger charge is 2.55. The molecule has 0 aliphatic carbocycles. The summed E-state index contributed by atoms with van der Waals surface area (Å²) >= 11 is 8.28. The molecule has 5 heterocycles. The highest BCUT2D eigenvalue weighted by molar-refractivity contribution is 8.00. The van der Waals surface area contributed by atoms with E-state index in [1.165, 1.54) is 11.8 Å². The van der Waals surface area contributed by atoms with Crippen molar-refractivity contribution in [2.24, 2.45) is 5.16 Å². The third-order valence-corrected chi connectivity index (χ3v) is 8.62. The van der Waals surface area contributed by atoms with Gasteiger partial charge in [0.15, 0.2) is 29.8 Å². The van der Waals surface area contributed by atoms with Crippen LogP contribution in [0.25, 0.3) is 0 Å². The van der Waals surface area contributed by atoms with Gasteiger partial charge in [0.05, 0.1) is 12.2 Å². The predicted octanol–water partition coefficient (Wildman–Crippen LogP) is 0.235. The molecule has 2 atom stereocenters. The summed E-state index contributed by atoms with van der Waals surface area (Å²) in [6.07, 6.45) is 5.47. The van der Waals surface area contributed by atoms with Gasteiger partial charge in [-0.25, -0.2) is 19.1 Å². The van der Waals surface area contributed by atoms with E-state index in [0.717, 1.165) is 40.4 Å². The fourth-order valence-corrected chi connectivity index (χ4v) is 6.75. The number of aromatic nitrogens is 2. The molecule has 5 N–H and O–H groups in total. The van der Waals surface area contributed by atoms with Gasteiger partial charge in [-0.3, -0.25) is 14.5 Å². The number of rotatable bonds is 9. The molecule has 40 heavy (non-hydrogen) atoms. The molecule has 5 rings (SSSR count). The number of anilines is 1. The Hall–Kier alpha value is -3.89. The van der Waals surface area contributed by atoms with E-state index in [1.54, 1.807) is 6.20 Å². The van der Waals surface area contributed by atoms with Crippen molar-refractivity contribution in [2.45, 2.75) is 30.8 Å². The third kappa shape index (κ3) is 5.41. The van der Waals surface area contributed by atoms with E-state index >= 15 is 0 Å². The molecule has 0 unspecified atom stereocenters. The first-order valence-corrected chi connectivity index (χ1v) is 14.1. The minimum atomic E-state index is -1.33. The van der Waals surface area contributed by atoms with Crippen molar-refractivity contribution in [3.8, 4) is 5.75 Å². The maximum absolute atomic E-state index is 13.1. The number of hydrogen-bond acceptors (Lipinski definition) is 11. The van der Waals surface area contributed by atoms with Crippen LogP contribution >= 0.6 is 34.7 Å². The van der Waals surface area contributed by atoms with Crippen LogP contribution in [0.2, 0.25) is 4.34 Å². The number of carbonyl (C=O) groups is 4. The molecule has 3 aliphatic heterocycles. The number of carboxylic acids is 2. The number of aliphatic carboxylic acids is 2. The van der Waals surface area contributed by atoms with Crippen molar-refractivity contribution >= 4 is 69.3 Å². The van der Waals surface area contributed by atoms with Crippen molar-refractivity contribution in [2.75, 3.05) is 24.7 Å². The van der Waals surface area contributed by atoms with Crippen LogP contribution in [0.1, 0.15) is 17.7 Å². The fraction of sp³-hybridized carbons (Fsp3) is 0.348. The molecule has 3 aliphatic rings. The molecule has 0 bridgehead atoms. The van der Waals surface area contributed by atoms with Crippen molar-refractivity contribution < 1.29 is 43.5 Å². The molecule has 0 spiro atoms. The number of nitrogens with two attached hydrogens (primary N) is 1. The molecule has 0 radical (unpaired) electrons. The SMILES string of the molecule is Nc1nc(C(=NOCC(=O)O)C(=O)N[C@@H]2C(=O)N3C(C(=O)O)=C(C[n+]4ccc5c(c4)CCCO5)CS[C@H]23)c(Cl)s1. The summed E-state index contributed by atoms with van der Waals surface area (Å²) in [6.45, 7) is 0.0794. The number of nitrogens with zero attached hydrogens (tertiary/aromatic N) is 4. The largest absolute Gasteiger partial charge is 0.493 e. The number of thiazole rings is 1. The van der Waals surface area contributed by atoms with E-state index in [-0.39, 0.29) is 27.4 Å². The summed E-state index contributed by atoms with van der Waals surface area (Å²) in [7, 11) is 0. The van der Waals surface area contributed by atoms with Crippen molar-refractivity contribution in [3.05, 3.63) is 45.3 Å². The number of fused-ring (bicyclic) bond motifs is 2. The van der Waals surface area contributed by atoms with Gasteiger partial charge in [-0.1, -0.05) is 28.1 Å². The number of halogens is 1. The van der Waals surface area contributed by atoms with Gasteiger partial charge in [-0.15, -0.1) is 11.8 Å². The Morgan fingerprint density at radius 3 is 2.88 bits per heavy atom. The second kappa shape index (κ2) is 11.3. The molecule has 2 aromatic rings. The zero-order chi connectivity index (χ0) is 28.6. The highest BCUT2D eigenvalue weighted by Crippen LogP contribution is 2.40. The second-order valence-corrected chi connectivity index (χ2v) is 11.6. The van der Waals surface area contributed by atoms with Gasteiger partial charge in [0, 0.05) is 17.4 Å². The number of carbonyl (C=O) groups excluding carboxylic acids is 2. The smallest absolute Gasteiger partial charge is 0.352 e. The van der Waals surface area contributed by atoms with E-state index < -0.39 is 47.5 Å². The first kappa shape index (κ1) is 27.7. The second-order valence-electron chi connectivity index (χ2n) is 8.86. The average molecular weight is 610 g/mol. The normalized spacial score (nSPS) is 20.2. The number of nitrogens with one attached hydrogen (secondary N) is 1. The Kier molecular flexibility index (Phi) is 7.82. The molecule has 14 nitrogen and oxygen atoms in total. The van der Waals surface area contributed by atoms with Gasteiger partial charge < -0.3 is 30.8 Å². The van der Waals surface area contributed by atoms with Gasteiger partial charge in [0.2, 0.25) is 6.61 Å². The molecule has 17 heteroatoms. The molecule has 210 valence electrons. The summed E-state index contributed by atoms with van der Waals surface area (Å²) in [5.74, 6) is -3.02. The van der Waals surface area contributed by atoms with Crippen LogP contribution in [0.3, 0.4) is 0 Å². The molecular formula is C23H22ClN6O8S2+. The lowest BCUT2D eigenvalue weighted by Gasteiger charge is -2.49. The van der Waals surface area contributed by atoms with Crippen molar-refractivity contribution in [3.63, 3.8) is 0 Å².